The molecule has 1 unspecified atom stereocenters. The van der Waals surface area contributed by atoms with Crippen LogP contribution >= 0.6 is 11.6 Å². The van der Waals surface area contributed by atoms with Gasteiger partial charge in [0.15, 0.2) is 0 Å². The van der Waals surface area contributed by atoms with Gasteiger partial charge in [-0.2, -0.15) is 0 Å². The third-order valence-corrected chi connectivity index (χ3v) is 6.78. The molecule has 1 atom stereocenters. The second-order valence-electron chi connectivity index (χ2n) is 6.12. The van der Waals surface area contributed by atoms with Gasteiger partial charge in [-0.1, -0.05) is 23.7 Å². The van der Waals surface area contributed by atoms with Crippen LogP contribution in [0.25, 0.3) is 0 Å². The van der Waals surface area contributed by atoms with Crippen LogP contribution in [0.5, 0.6) is 0 Å². The van der Waals surface area contributed by atoms with Crippen LogP contribution in [-0.4, -0.2) is 48.9 Å². The van der Waals surface area contributed by atoms with Crippen molar-refractivity contribution in [3.8, 4) is 0 Å². The zero-order chi connectivity index (χ0) is 16.4. The molecule has 0 aromatic heterocycles. The lowest BCUT2D eigenvalue weighted by Crippen LogP contribution is -2.35. The van der Waals surface area contributed by atoms with Crippen LogP contribution in [0.2, 0.25) is 5.02 Å². The molecule has 1 aromatic carbocycles. The number of hydrogen-bond acceptors (Lipinski definition) is 3. The molecule has 2 heterocycles. The number of benzene rings is 1. The van der Waals surface area contributed by atoms with E-state index in [9.17, 15) is 13.2 Å². The molecule has 23 heavy (non-hydrogen) atoms. The number of sulfonamides is 1. The fourth-order valence-corrected chi connectivity index (χ4v) is 5.16. The van der Waals surface area contributed by atoms with Gasteiger partial charge in [0.2, 0.25) is 15.9 Å². The normalized spacial score (nSPS) is 24.2. The van der Waals surface area contributed by atoms with Crippen LogP contribution in [0, 0.1) is 0 Å². The summed E-state index contributed by atoms with van der Waals surface area (Å²) in [6, 6.07) is 7.67. The van der Waals surface area contributed by atoms with E-state index in [-0.39, 0.29) is 24.1 Å². The molecule has 2 fully saturated rings. The SMILES string of the molecule is O=C(CCN1CCCS1(=O)=O)N1CCCC1c1cccc(Cl)c1. The molecular formula is C16H21ClN2O3S. The molecule has 0 radical (unpaired) electrons. The van der Waals surface area contributed by atoms with Crippen LogP contribution in [0.1, 0.15) is 37.3 Å². The highest BCUT2D eigenvalue weighted by atomic mass is 35.5. The first kappa shape index (κ1) is 16.7. The van der Waals surface area contributed by atoms with Gasteiger partial charge in [0.25, 0.3) is 0 Å². The van der Waals surface area contributed by atoms with Gasteiger partial charge in [-0.3, -0.25) is 4.79 Å². The molecule has 0 bridgehead atoms. The maximum absolute atomic E-state index is 12.6. The minimum absolute atomic E-state index is 0.0228. The molecule has 5 nitrogen and oxygen atoms in total. The number of rotatable bonds is 4. The first-order valence-corrected chi connectivity index (χ1v) is 9.99. The van der Waals surface area contributed by atoms with Gasteiger partial charge in [0.05, 0.1) is 11.8 Å². The summed E-state index contributed by atoms with van der Waals surface area (Å²) < 4.78 is 25.1. The van der Waals surface area contributed by atoms with Crippen molar-refractivity contribution in [3.63, 3.8) is 0 Å². The van der Waals surface area contributed by atoms with Gasteiger partial charge in [-0.15, -0.1) is 0 Å². The van der Waals surface area contributed by atoms with Gasteiger partial charge in [-0.25, -0.2) is 12.7 Å². The fraction of sp³-hybridized carbons (Fsp3) is 0.562. The highest BCUT2D eigenvalue weighted by Crippen LogP contribution is 2.33. The molecule has 1 aromatic rings. The molecule has 2 saturated heterocycles. The number of carbonyl (C=O) groups is 1. The van der Waals surface area contributed by atoms with Crippen LogP contribution in [0.3, 0.4) is 0 Å². The first-order valence-electron chi connectivity index (χ1n) is 8.00. The molecule has 0 spiro atoms. The second-order valence-corrected chi connectivity index (χ2v) is 8.64. The lowest BCUT2D eigenvalue weighted by molar-refractivity contribution is -0.132. The molecular weight excluding hydrogens is 336 g/mol. The zero-order valence-corrected chi connectivity index (χ0v) is 14.5. The molecule has 3 rings (SSSR count). The van der Waals surface area contributed by atoms with Gasteiger partial charge in [-0.05, 0) is 37.0 Å². The van der Waals surface area contributed by atoms with Crippen molar-refractivity contribution in [3.05, 3.63) is 34.9 Å². The van der Waals surface area contributed by atoms with E-state index in [1.54, 1.807) is 0 Å². The Hall–Kier alpha value is -1.11. The number of amides is 1. The Balaban J connectivity index is 1.64. The Bertz CT molecular complexity index is 692. The van der Waals surface area contributed by atoms with E-state index in [1.807, 2.05) is 29.2 Å². The van der Waals surface area contributed by atoms with E-state index in [0.717, 1.165) is 24.9 Å². The van der Waals surface area contributed by atoms with E-state index >= 15 is 0 Å². The monoisotopic (exact) mass is 356 g/mol. The highest BCUT2D eigenvalue weighted by Gasteiger charge is 2.32. The summed E-state index contributed by atoms with van der Waals surface area (Å²) in [5.74, 6) is 0.227. The number of halogens is 1. The summed E-state index contributed by atoms with van der Waals surface area (Å²) in [4.78, 5) is 14.4. The van der Waals surface area contributed by atoms with Crippen LogP contribution in [0.15, 0.2) is 24.3 Å². The van der Waals surface area contributed by atoms with Crippen LogP contribution in [0.4, 0.5) is 0 Å². The van der Waals surface area contributed by atoms with Gasteiger partial charge < -0.3 is 4.90 Å². The summed E-state index contributed by atoms with van der Waals surface area (Å²) in [5.41, 5.74) is 1.05. The van der Waals surface area contributed by atoms with Crippen molar-refractivity contribution < 1.29 is 13.2 Å². The van der Waals surface area contributed by atoms with Crippen molar-refractivity contribution in [1.82, 2.24) is 9.21 Å². The standard InChI is InChI=1S/C16H21ClN2O3S/c17-14-5-1-4-13(12-14)15-6-2-9-19(15)16(20)7-10-18-8-3-11-23(18,21)22/h1,4-5,12,15H,2-3,6-11H2. The van der Waals surface area contributed by atoms with Crippen molar-refractivity contribution in [2.45, 2.75) is 31.7 Å². The second kappa shape index (κ2) is 6.79. The Labute approximate surface area is 142 Å². The fourth-order valence-electron chi connectivity index (χ4n) is 3.43. The van der Waals surface area contributed by atoms with Gasteiger partial charge >= 0.3 is 0 Å². The van der Waals surface area contributed by atoms with Crippen molar-refractivity contribution in [2.24, 2.45) is 0 Å². The Morgan fingerprint density at radius 2 is 2.09 bits per heavy atom. The molecule has 0 N–H and O–H groups in total. The molecule has 0 aliphatic carbocycles. The van der Waals surface area contributed by atoms with E-state index in [0.29, 0.717) is 24.5 Å². The number of hydrogen-bond donors (Lipinski definition) is 0. The van der Waals surface area contributed by atoms with Crippen molar-refractivity contribution in [1.29, 1.82) is 0 Å². The summed E-state index contributed by atoms with van der Waals surface area (Å²) in [7, 11) is -3.13. The lowest BCUT2D eigenvalue weighted by Gasteiger charge is -2.26. The van der Waals surface area contributed by atoms with E-state index in [4.69, 9.17) is 11.6 Å². The van der Waals surface area contributed by atoms with E-state index in [1.165, 1.54) is 4.31 Å². The zero-order valence-electron chi connectivity index (χ0n) is 12.9. The molecule has 7 heteroatoms. The van der Waals surface area contributed by atoms with Crippen molar-refractivity contribution in [2.75, 3.05) is 25.4 Å². The number of nitrogens with zero attached hydrogens (tertiary/aromatic N) is 2. The van der Waals surface area contributed by atoms with E-state index < -0.39 is 10.0 Å². The summed E-state index contributed by atoms with van der Waals surface area (Å²) in [6.07, 6.45) is 2.79. The average Bonchev–Trinajstić information content (AvgIpc) is 3.11. The van der Waals surface area contributed by atoms with Crippen molar-refractivity contribution >= 4 is 27.5 Å². The molecule has 2 aliphatic heterocycles. The Morgan fingerprint density at radius 3 is 2.78 bits per heavy atom. The van der Waals surface area contributed by atoms with Gasteiger partial charge in [0.1, 0.15) is 0 Å². The molecule has 126 valence electrons. The summed E-state index contributed by atoms with van der Waals surface area (Å²) >= 11 is 6.05. The third-order valence-electron chi connectivity index (χ3n) is 4.58. The quantitative estimate of drug-likeness (QED) is 0.832. The maximum Gasteiger partial charge on any atom is 0.224 e. The smallest absolute Gasteiger partial charge is 0.224 e. The minimum atomic E-state index is -3.13. The maximum atomic E-state index is 12.6. The van der Waals surface area contributed by atoms with Crippen LogP contribution < -0.4 is 0 Å². The predicted octanol–water partition coefficient (Wildman–Crippen LogP) is 2.43. The minimum Gasteiger partial charge on any atom is -0.336 e. The topological polar surface area (TPSA) is 57.7 Å². The largest absolute Gasteiger partial charge is 0.336 e. The number of likely N-dealkylation sites (tertiary alicyclic amines) is 1. The first-order chi connectivity index (χ1) is 11.0. The molecule has 0 saturated carbocycles. The number of carbonyl (C=O) groups excluding carboxylic acids is 1. The summed E-state index contributed by atoms with van der Waals surface area (Å²) in [6.45, 7) is 1.55. The lowest BCUT2D eigenvalue weighted by atomic mass is 10.0. The highest BCUT2D eigenvalue weighted by molar-refractivity contribution is 7.89. The molecule has 1 amide bonds. The Kier molecular flexibility index (Phi) is 4.94. The third kappa shape index (κ3) is 3.70. The molecule has 2 aliphatic rings. The average molecular weight is 357 g/mol. The van der Waals surface area contributed by atoms with E-state index in [2.05, 4.69) is 0 Å². The van der Waals surface area contributed by atoms with Crippen LogP contribution in [-0.2, 0) is 14.8 Å². The predicted molar refractivity (Wildman–Crippen MR) is 89.7 cm³/mol. The summed E-state index contributed by atoms with van der Waals surface area (Å²) in [5, 5.41) is 0.671. The van der Waals surface area contributed by atoms with Gasteiger partial charge in [0, 0.05) is 31.1 Å². The Morgan fingerprint density at radius 1 is 1.26 bits per heavy atom.